The Morgan fingerprint density at radius 1 is 0.361 bits per heavy atom. The molecule has 9 aromatic carbocycles. The van der Waals surface area contributed by atoms with Gasteiger partial charge in [-0.15, -0.1) is 0 Å². The van der Waals surface area contributed by atoms with Gasteiger partial charge in [-0.05, 0) is 94.9 Å². The molecule has 0 atom stereocenters. The highest BCUT2D eigenvalue weighted by molar-refractivity contribution is 7.99. The molecule has 0 saturated carbocycles. The van der Waals surface area contributed by atoms with E-state index in [2.05, 4.69) is 163 Å². The lowest BCUT2D eigenvalue weighted by Gasteiger charge is -2.26. The number of para-hydroxylation sites is 3. The Labute approximate surface area is 356 Å². The number of nitrogens with zero attached hydrogens (tertiary/aromatic N) is 4. The molecule has 1 aliphatic heterocycles. The van der Waals surface area contributed by atoms with E-state index in [4.69, 9.17) is 19.4 Å². The first-order valence-corrected chi connectivity index (χ1v) is 21.2. The van der Waals surface area contributed by atoms with Crippen molar-refractivity contribution in [1.82, 2.24) is 15.0 Å². The predicted octanol–water partition coefficient (Wildman–Crippen LogP) is 15.2. The number of hydrogen-bond acceptors (Lipinski definition) is 6. The van der Waals surface area contributed by atoms with E-state index in [1.165, 1.54) is 31.7 Å². The van der Waals surface area contributed by atoms with E-state index in [1.807, 2.05) is 48.5 Å². The normalized spacial score (nSPS) is 11.9. The van der Waals surface area contributed by atoms with Gasteiger partial charge in [0.25, 0.3) is 0 Å². The Morgan fingerprint density at radius 3 is 1.72 bits per heavy atom. The first kappa shape index (κ1) is 35.2. The molecule has 0 amide bonds. The largest absolute Gasteiger partial charge is 0.456 e. The maximum absolute atomic E-state index is 6.17. The molecule has 0 saturated heterocycles. The number of rotatable bonds is 7. The third-order valence-corrected chi connectivity index (χ3v) is 12.6. The average molecular weight is 799 g/mol. The van der Waals surface area contributed by atoms with Gasteiger partial charge in [0.05, 0.1) is 0 Å². The smallest absolute Gasteiger partial charge is 0.164 e. The molecule has 12 rings (SSSR count). The van der Waals surface area contributed by atoms with Gasteiger partial charge in [0.1, 0.15) is 11.2 Å². The molecule has 2 aromatic heterocycles. The lowest BCUT2D eigenvalue weighted by Crippen LogP contribution is -2.09. The van der Waals surface area contributed by atoms with Crippen LogP contribution in [0.1, 0.15) is 0 Å². The van der Waals surface area contributed by atoms with E-state index in [1.54, 1.807) is 11.8 Å². The zero-order valence-corrected chi connectivity index (χ0v) is 33.6. The maximum Gasteiger partial charge on any atom is 0.164 e. The summed E-state index contributed by atoms with van der Waals surface area (Å²) in [7, 11) is 0. The third-order valence-electron chi connectivity index (χ3n) is 11.5. The topological polar surface area (TPSA) is 55.1 Å². The van der Waals surface area contributed by atoms with Crippen LogP contribution in [0.5, 0.6) is 0 Å². The first-order chi connectivity index (χ1) is 30.2. The van der Waals surface area contributed by atoms with Crippen molar-refractivity contribution >= 4 is 61.5 Å². The summed E-state index contributed by atoms with van der Waals surface area (Å²) in [5, 5.41) is 4.54. The lowest BCUT2D eigenvalue weighted by molar-refractivity contribution is 0.669. The van der Waals surface area contributed by atoms with Gasteiger partial charge in [-0.1, -0.05) is 145 Å². The number of benzene rings is 9. The van der Waals surface area contributed by atoms with Crippen LogP contribution in [0.3, 0.4) is 0 Å². The fourth-order valence-electron chi connectivity index (χ4n) is 8.72. The zero-order valence-electron chi connectivity index (χ0n) is 32.7. The SMILES string of the molecule is c1ccc(-c2nc(-c3ccc4oc5ccccc5c4c3)nc(-c3cccc4c3-c3cccc5c(-c6ccc(N(c7ccccc7)c7ccccc7)cc6)ccc(c35)S4)n2)cc1. The minimum Gasteiger partial charge on any atom is -0.456 e. The van der Waals surface area contributed by atoms with Crippen LogP contribution in [0.4, 0.5) is 17.1 Å². The summed E-state index contributed by atoms with van der Waals surface area (Å²) < 4.78 is 6.17. The summed E-state index contributed by atoms with van der Waals surface area (Å²) in [6.45, 7) is 0. The molecule has 6 heteroatoms. The fourth-order valence-corrected chi connectivity index (χ4v) is 9.88. The molecule has 0 aliphatic carbocycles. The fraction of sp³-hybridized carbons (Fsp3) is 0. The van der Waals surface area contributed by atoms with Gasteiger partial charge >= 0.3 is 0 Å². The van der Waals surface area contributed by atoms with Gasteiger partial charge in [0.2, 0.25) is 0 Å². The van der Waals surface area contributed by atoms with Gasteiger partial charge in [0, 0.05) is 65.3 Å². The Bertz CT molecular complexity index is 3400. The Kier molecular flexibility index (Phi) is 8.35. The number of aromatic nitrogens is 3. The second-order valence-electron chi connectivity index (χ2n) is 15.2. The van der Waals surface area contributed by atoms with E-state index < -0.39 is 0 Å². The average Bonchev–Trinajstić information content (AvgIpc) is 3.71. The summed E-state index contributed by atoms with van der Waals surface area (Å²) in [4.78, 5) is 20.3. The van der Waals surface area contributed by atoms with Crippen molar-refractivity contribution in [2.45, 2.75) is 9.79 Å². The number of anilines is 3. The van der Waals surface area contributed by atoms with E-state index in [-0.39, 0.29) is 0 Å². The quantitative estimate of drug-likeness (QED) is 0.160. The molecular formula is C55H34N4OS. The van der Waals surface area contributed by atoms with Gasteiger partial charge < -0.3 is 9.32 Å². The van der Waals surface area contributed by atoms with Crippen molar-refractivity contribution in [2.75, 3.05) is 4.90 Å². The summed E-state index contributed by atoms with van der Waals surface area (Å²) >= 11 is 1.81. The Balaban J connectivity index is 0.989. The molecule has 0 unspecified atom stereocenters. The molecule has 0 fully saturated rings. The highest BCUT2D eigenvalue weighted by Crippen LogP contribution is 2.52. The van der Waals surface area contributed by atoms with Crippen LogP contribution >= 0.6 is 11.8 Å². The van der Waals surface area contributed by atoms with Crippen molar-refractivity contribution in [2.24, 2.45) is 0 Å². The van der Waals surface area contributed by atoms with Crippen LogP contribution < -0.4 is 4.90 Å². The molecule has 0 spiro atoms. The van der Waals surface area contributed by atoms with Crippen LogP contribution in [-0.2, 0) is 0 Å². The zero-order chi connectivity index (χ0) is 40.3. The van der Waals surface area contributed by atoms with Crippen molar-refractivity contribution in [3.8, 4) is 56.4 Å². The van der Waals surface area contributed by atoms with Gasteiger partial charge in [-0.25, -0.2) is 15.0 Å². The highest BCUT2D eigenvalue weighted by Gasteiger charge is 2.26. The highest BCUT2D eigenvalue weighted by atomic mass is 32.2. The van der Waals surface area contributed by atoms with E-state index in [0.29, 0.717) is 17.5 Å². The van der Waals surface area contributed by atoms with Crippen LogP contribution in [0.2, 0.25) is 0 Å². The van der Waals surface area contributed by atoms with E-state index >= 15 is 0 Å². The molecule has 0 N–H and O–H groups in total. The Hall–Kier alpha value is -7.80. The van der Waals surface area contributed by atoms with Gasteiger partial charge in [-0.3, -0.25) is 0 Å². The van der Waals surface area contributed by atoms with Crippen molar-refractivity contribution in [3.05, 3.63) is 206 Å². The molecular weight excluding hydrogens is 765 g/mol. The van der Waals surface area contributed by atoms with Crippen molar-refractivity contribution in [3.63, 3.8) is 0 Å². The van der Waals surface area contributed by atoms with Gasteiger partial charge in [-0.2, -0.15) is 0 Å². The van der Waals surface area contributed by atoms with E-state index in [0.717, 1.165) is 66.8 Å². The number of fused-ring (bicyclic) bond motifs is 5. The predicted molar refractivity (Wildman–Crippen MR) is 251 cm³/mol. The molecule has 0 bridgehead atoms. The number of furan rings is 1. The molecule has 1 aliphatic rings. The number of hydrogen-bond donors (Lipinski definition) is 0. The minimum absolute atomic E-state index is 0.611. The first-order valence-electron chi connectivity index (χ1n) is 20.3. The molecule has 61 heavy (non-hydrogen) atoms. The molecule has 5 nitrogen and oxygen atoms in total. The standard InChI is InChI=1S/C55H34N4OS/c1-4-14-36(15-5-1)53-56-54(37-28-32-48-46(34-37)42-20-10-11-24-47(42)60-48)58-55(57-53)45-23-13-25-49-52(45)44-22-12-21-43-41(31-33-50(61-49)51(43)44)35-26-29-40(30-27-35)59(38-16-6-2-7-17-38)39-18-8-3-9-19-39/h1-34H. The monoisotopic (exact) mass is 798 g/mol. The summed E-state index contributed by atoms with van der Waals surface area (Å²) in [6.07, 6.45) is 0. The molecule has 3 heterocycles. The summed E-state index contributed by atoms with van der Waals surface area (Å²) in [6, 6.07) is 72.2. The van der Waals surface area contributed by atoms with Crippen LogP contribution in [-0.4, -0.2) is 15.0 Å². The van der Waals surface area contributed by atoms with E-state index in [9.17, 15) is 0 Å². The molecule has 0 radical (unpaired) electrons. The van der Waals surface area contributed by atoms with Crippen LogP contribution in [0.25, 0.3) is 89.1 Å². The second kappa shape index (κ2) is 14.5. The second-order valence-corrected chi connectivity index (χ2v) is 16.2. The van der Waals surface area contributed by atoms with Crippen LogP contribution in [0, 0.1) is 0 Å². The lowest BCUT2D eigenvalue weighted by atomic mass is 9.90. The van der Waals surface area contributed by atoms with Crippen molar-refractivity contribution < 1.29 is 4.42 Å². The minimum atomic E-state index is 0.611. The van der Waals surface area contributed by atoms with Gasteiger partial charge in [0.15, 0.2) is 17.5 Å². The Morgan fingerprint density at radius 2 is 0.951 bits per heavy atom. The third kappa shape index (κ3) is 6.07. The molecule has 11 aromatic rings. The maximum atomic E-state index is 6.17. The van der Waals surface area contributed by atoms with Crippen molar-refractivity contribution in [1.29, 1.82) is 0 Å². The summed E-state index contributed by atoms with van der Waals surface area (Å²) in [5.41, 5.74) is 12.5. The summed E-state index contributed by atoms with van der Waals surface area (Å²) in [5.74, 6) is 1.87. The van der Waals surface area contributed by atoms with Crippen LogP contribution in [0.15, 0.2) is 220 Å². The molecule has 286 valence electrons.